The van der Waals surface area contributed by atoms with Crippen LogP contribution in [0.5, 0.6) is 0 Å². The van der Waals surface area contributed by atoms with E-state index in [0.717, 1.165) is 12.2 Å². The van der Waals surface area contributed by atoms with Crippen LogP contribution in [0.4, 0.5) is 0 Å². The topological polar surface area (TPSA) is 62.8 Å². The number of aliphatic imine (C=N–C) groups is 2. The second kappa shape index (κ2) is 6.88. The molecular formula is C10H18N4. The molecule has 4 heteroatoms. The summed E-state index contributed by atoms with van der Waals surface area (Å²) in [5.74, 6) is 0. The highest BCUT2D eigenvalue weighted by Gasteiger charge is 1.99. The van der Waals surface area contributed by atoms with Gasteiger partial charge in [-0.25, -0.2) is 4.99 Å². The Labute approximate surface area is 85.3 Å². The highest BCUT2D eigenvalue weighted by molar-refractivity contribution is 5.59. The van der Waals surface area contributed by atoms with Crippen molar-refractivity contribution in [2.24, 2.45) is 15.7 Å². The van der Waals surface area contributed by atoms with E-state index in [2.05, 4.69) is 21.9 Å². The molecule has 0 unspecified atom stereocenters. The predicted molar refractivity (Wildman–Crippen MR) is 62.4 cm³/mol. The van der Waals surface area contributed by atoms with Crippen LogP contribution in [-0.4, -0.2) is 19.1 Å². The van der Waals surface area contributed by atoms with E-state index in [9.17, 15) is 0 Å². The lowest BCUT2D eigenvalue weighted by atomic mass is 10.3. The fourth-order valence-electron chi connectivity index (χ4n) is 0.865. The Morgan fingerprint density at radius 3 is 2.57 bits per heavy atom. The summed E-state index contributed by atoms with van der Waals surface area (Å²) in [7, 11) is 0. The number of hydrogen-bond acceptors (Lipinski definition) is 3. The summed E-state index contributed by atoms with van der Waals surface area (Å²) in [5, 5.41) is 2.96. The Morgan fingerprint density at radius 2 is 2.14 bits per heavy atom. The zero-order valence-electron chi connectivity index (χ0n) is 9.04. The molecule has 0 saturated heterocycles. The van der Waals surface area contributed by atoms with Gasteiger partial charge >= 0.3 is 0 Å². The molecule has 0 aromatic heterocycles. The number of nitrogens with one attached hydrogen (secondary N) is 1. The summed E-state index contributed by atoms with van der Waals surface area (Å²) in [6, 6.07) is 0. The summed E-state index contributed by atoms with van der Waals surface area (Å²) in [6.45, 7) is 10.1. The number of rotatable bonds is 5. The molecule has 0 aliphatic carbocycles. The van der Waals surface area contributed by atoms with Crippen molar-refractivity contribution < 1.29 is 0 Å². The molecule has 0 saturated carbocycles. The molecule has 78 valence electrons. The molecule has 0 heterocycles. The van der Waals surface area contributed by atoms with Crippen molar-refractivity contribution in [2.75, 3.05) is 6.54 Å². The maximum Gasteiger partial charge on any atom is 0.108 e. The third-order valence-corrected chi connectivity index (χ3v) is 1.46. The molecule has 3 N–H and O–H groups in total. The summed E-state index contributed by atoms with van der Waals surface area (Å²) in [5.41, 5.74) is 7.37. The van der Waals surface area contributed by atoms with Gasteiger partial charge in [0.2, 0.25) is 0 Å². The minimum absolute atomic E-state index is 0.419. The summed E-state index contributed by atoms with van der Waals surface area (Å²) in [4.78, 5) is 8.23. The normalized spacial score (nSPS) is 13.4. The van der Waals surface area contributed by atoms with Crippen molar-refractivity contribution in [3.63, 3.8) is 0 Å². The van der Waals surface area contributed by atoms with Crippen LogP contribution in [0.1, 0.15) is 20.8 Å². The summed E-state index contributed by atoms with van der Waals surface area (Å²) >= 11 is 0. The Morgan fingerprint density at radius 1 is 1.50 bits per heavy atom. The number of nitrogens with zero attached hydrogens (tertiary/aromatic N) is 2. The van der Waals surface area contributed by atoms with Gasteiger partial charge in [-0.15, -0.1) is 0 Å². The van der Waals surface area contributed by atoms with Gasteiger partial charge < -0.3 is 11.1 Å². The highest BCUT2D eigenvalue weighted by atomic mass is 15.0. The van der Waals surface area contributed by atoms with Crippen molar-refractivity contribution in [1.29, 1.82) is 0 Å². The van der Waals surface area contributed by atoms with E-state index in [4.69, 9.17) is 5.73 Å². The average molecular weight is 194 g/mol. The van der Waals surface area contributed by atoms with Gasteiger partial charge in [0.15, 0.2) is 0 Å². The van der Waals surface area contributed by atoms with E-state index in [1.165, 1.54) is 0 Å². The average Bonchev–Trinajstić information content (AvgIpc) is 2.12. The molecule has 0 amide bonds. The van der Waals surface area contributed by atoms with Gasteiger partial charge in [-0.1, -0.05) is 6.58 Å². The molecule has 0 aromatic rings. The third kappa shape index (κ3) is 4.45. The SMILES string of the molecule is C=C(N)C(/N=C\NCC)=C(C)\N=C/C. The van der Waals surface area contributed by atoms with Gasteiger partial charge in [-0.05, 0) is 20.8 Å². The van der Waals surface area contributed by atoms with Crippen LogP contribution in [0.25, 0.3) is 0 Å². The zero-order valence-corrected chi connectivity index (χ0v) is 9.04. The van der Waals surface area contributed by atoms with Gasteiger partial charge in [-0.2, -0.15) is 0 Å². The Bertz CT molecular complexity index is 274. The zero-order chi connectivity index (χ0) is 11.0. The van der Waals surface area contributed by atoms with Crippen molar-refractivity contribution in [2.45, 2.75) is 20.8 Å². The van der Waals surface area contributed by atoms with Gasteiger partial charge in [0.05, 0.1) is 17.7 Å². The molecule has 0 aliphatic rings. The van der Waals surface area contributed by atoms with Gasteiger partial charge in [-0.3, -0.25) is 4.99 Å². The lowest BCUT2D eigenvalue weighted by molar-refractivity contribution is 0.981. The second-order valence-electron chi connectivity index (χ2n) is 2.66. The fraction of sp³-hybridized carbons (Fsp3) is 0.400. The Kier molecular flexibility index (Phi) is 6.11. The van der Waals surface area contributed by atoms with Crippen LogP contribution in [0.15, 0.2) is 33.7 Å². The molecule has 0 rings (SSSR count). The maximum atomic E-state index is 5.58. The largest absolute Gasteiger partial charge is 0.397 e. The van der Waals surface area contributed by atoms with Crippen LogP contribution >= 0.6 is 0 Å². The van der Waals surface area contributed by atoms with Crippen LogP contribution in [0.2, 0.25) is 0 Å². The van der Waals surface area contributed by atoms with E-state index in [1.807, 2.05) is 20.8 Å². The smallest absolute Gasteiger partial charge is 0.108 e. The number of nitrogens with two attached hydrogens (primary N) is 1. The summed E-state index contributed by atoms with van der Waals surface area (Å²) < 4.78 is 0. The standard InChI is InChI=1S/C10H18N4/c1-5-12-7-14-10(8(3)11)9(4)13-6-2/h6-7H,3,5,11H2,1-2,4H3,(H,12,14)/b10-9+,13-6-. The summed E-state index contributed by atoms with van der Waals surface area (Å²) in [6.07, 6.45) is 3.29. The van der Waals surface area contributed by atoms with Gasteiger partial charge in [0, 0.05) is 12.8 Å². The first kappa shape index (κ1) is 12.4. The van der Waals surface area contributed by atoms with E-state index >= 15 is 0 Å². The van der Waals surface area contributed by atoms with Crippen molar-refractivity contribution in [3.05, 3.63) is 23.7 Å². The van der Waals surface area contributed by atoms with Crippen LogP contribution in [0.3, 0.4) is 0 Å². The molecule has 4 nitrogen and oxygen atoms in total. The molecule has 0 aliphatic heterocycles. The molecule has 0 spiro atoms. The highest BCUT2D eigenvalue weighted by Crippen LogP contribution is 2.10. The fourth-order valence-corrected chi connectivity index (χ4v) is 0.865. The molecule has 14 heavy (non-hydrogen) atoms. The Balaban J connectivity index is 4.76. The van der Waals surface area contributed by atoms with Crippen molar-refractivity contribution in [3.8, 4) is 0 Å². The van der Waals surface area contributed by atoms with Crippen LogP contribution in [0, 0.1) is 0 Å². The molecule has 0 atom stereocenters. The van der Waals surface area contributed by atoms with Gasteiger partial charge in [0.25, 0.3) is 0 Å². The monoisotopic (exact) mass is 194 g/mol. The Hall–Kier alpha value is -1.58. The van der Waals surface area contributed by atoms with Crippen LogP contribution in [-0.2, 0) is 0 Å². The second-order valence-corrected chi connectivity index (χ2v) is 2.66. The minimum Gasteiger partial charge on any atom is -0.397 e. The number of hydrogen-bond donors (Lipinski definition) is 2. The maximum absolute atomic E-state index is 5.58. The van der Waals surface area contributed by atoms with Crippen molar-refractivity contribution >= 4 is 12.6 Å². The lowest BCUT2D eigenvalue weighted by Gasteiger charge is -2.02. The van der Waals surface area contributed by atoms with E-state index in [-0.39, 0.29) is 0 Å². The predicted octanol–water partition coefficient (Wildman–Crippen LogP) is 1.42. The molecular weight excluding hydrogens is 176 g/mol. The quantitative estimate of drug-likeness (QED) is 0.395. The lowest BCUT2D eigenvalue weighted by Crippen LogP contribution is -2.10. The van der Waals surface area contributed by atoms with E-state index < -0.39 is 0 Å². The first-order valence-electron chi connectivity index (χ1n) is 4.53. The first-order chi connectivity index (χ1) is 6.63. The number of allylic oxidation sites excluding steroid dienone is 1. The van der Waals surface area contributed by atoms with E-state index in [1.54, 1.807) is 12.6 Å². The van der Waals surface area contributed by atoms with Gasteiger partial charge in [0.1, 0.15) is 5.70 Å². The molecule has 0 bridgehead atoms. The van der Waals surface area contributed by atoms with Crippen LogP contribution < -0.4 is 11.1 Å². The minimum atomic E-state index is 0.419. The molecule has 0 radical (unpaired) electrons. The molecule has 0 fully saturated rings. The third-order valence-electron chi connectivity index (χ3n) is 1.46. The van der Waals surface area contributed by atoms with E-state index in [0.29, 0.717) is 11.4 Å². The first-order valence-corrected chi connectivity index (χ1v) is 4.53. The van der Waals surface area contributed by atoms with Crippen molar-refractivity contribution in [1.82, 2.24) is 5.32 Å². The molecule has 0 aromatic carbocycles.